The number of hydrogen-bond donors (Lipinski definition) is 1. The number of aliphatic hydroxyl groups excluding tert-OH is 1. The van der Waals surface area contributed by atoms with Gasteiger partial charge in [-0.25, -0.2) is 0 Å². The fourth-order valence-corrected chi connectivity index (χ4v) is 3.41. The average molecular weight is 272 g/mol. The lowest BCUT2D eigenvalue weighted by atomic mass is 9.86. The predicted molar refractivity (Wildman–Crippen MR) is 81.7 cm³/mol. The molecule has 3 rings (SSSR count). The van der Waals surface area contributed by atoms with Gasteiger partial charge in [-0.2, -0.15) is 0 Å². The fraction of sp³-hybridized carbons (Fsp3) is 0.556. The zero-order valence-electron chi connectivity index (χ0n) is 12.3. The number of furan rings is 1. The first kappa shape index (κ1) is 13.7. The van der Waals surface area contributed by atoms with Crippen molar-refractivity contribution in [2.75, 3.05) is 0 Å². The monoisotopic (exact) mass is 272 g/mol. The van der Waals surface area contributed by atoms with Crippen molar-refractivity contribution in [3.05, 3.63) is 35.6 Å². The SMILES string of the molecule is Cc1cccc2cc(C(O)C3CCCCCCC3)oc12. The van der Waals surface area contributed by atoms with Crippen LogP contribution < -0.4 is 0 Å². The van der Waals surface area contributed by atoms with E-state index in [9.17, 15) is 5.11 Å². The maximum absolute atomic E-state index is 10.7. The summed E-state index contributed by atoms with van der Waals surface area (Å²) in [5, 5.41) is 11.8. The Balaban J connectivity index is 1.83. The fourth-order valence-electron chi connectivity index (χ4n) is 3.41. The third kappa shape index (κ3) is 2.76. The topological polar surface area (TPSA) is 33.4 Å². The van der Waals surface area contributed by atoms with E-state index in [4.69, 9.17) is 4.42 Å². The quantitative estimate of drug-likeness (QED) is 0.821. The van der Waals surface area contributed by atoms with Gasteiger partial charge in [0.05, 0.1) is 0 Å². The molecule has 20 heavy (non-hydrogen) atoms. The Kier molecular flexibility index (Phi) is 4.11. The van der Waals surface area contributed by atoms with Gasteiger partial charge in [-0.1, -0.05) is 50.3 Å². The van der Waals surface area contributed by atoms with Crippen molar-refractivity contribution in [3.8, 4) is 0 Å². The van der Waals surface area contributed by atoms with Gasteiger partial charge in [-0.3, -0.25) is 0 Å². The van der Waals surface area contributed by atoms with Crippen LogP contribution in [0.15, 0.2) is 28.7 Å². The molecule has 2 aromatic rings. The van der Waals surface area contributed by atoms with Crippen LogP contribution in [0, 0.1) is 12.8 Å². The van der Waals surface area contributed by atoms with Crippen LogP contribution in [-0.2, 0) is 0 Å². The highest BCUT2D eigenvalue weighted by Gasteiger charge is 2.24. The zero-order valence-corrected chi connectivity index (χ0v) is 12.3. The Labute approximate surface area is 120 Å². The van der Waals surface area contributed by atoms with Crippen LogP contribution in [0.5, 0.6) is 0 Å². The minimum Gasteiger partial charge on any atom is -0.458 e. The first-order chi connectivity index (χ1) is 9.75. The number of fused-ring (bicyclic) bond motifs is 1. The number of para-hydroxylation sites is 1. The number of aryl methyl sites for hydroxylation is 1. The molecule has 0 saturated heterocycles. The van der Waals surface area contributed by atoms with Gasteiger partial charge in [-0.05, 0) is 37.3 Å². The number of benzene rings is 1. The predicted octanol–water partition coefficient (Wildman–Crippen LogP) is 5.14. The molecular weight excluding hydrogens is 248 g/mol. The van der Waals surface area contributed by atoms with Crippen LogP contribution in [0.3, 0.4) is 0 Å². The Morgan fingerprint density at radius 2 is 1.80 bits per heavy atom. The molecule has 0 aliphatic heterocycles. The molecule has 1 unspecified atom stereocenters. The van der Waals surface area contributed by atoms with Crippen LogP contribution in [0.2, 0.25) is 0 Å². The van der Waals surface area contributed by atoms with E-state index in [1.54, 1.807) is 0 Å². The van der Waals surface area contributed by atoms with Crippen molar-refractivity contribution in [1.82, 2.24) is 0 Å². The van der Waals surface area contributed by atoms with Gasteiger partial charge in [0.15, 0.2) is 0 Å². The van der Waals surface area contributed by atoms with E-state index in [-0.39, 0.29) is 0 Å². The molecule has 1 heterocycles. The molecule has 1 aromatic carbocycles. The maximum Gasteiger partial charge on any atom is 0.137 e. The third-order valence-corrected chi connectivity index (χ3v) is 4.65. The summed E-state index contributed by atoms with van der Waals surface area (Å²) < 4.78 is 5.94. The summed E-state index contributed by atoms with van der Waals surface area (Å²) in [6, 6.07) is 8.17. The summed E-state index contributed by atoms with van der Waals surface area (Å²) in [7, 11) is 0. The first-order valence-corrected chi connectivity index (χ1v) is 7.93. The van der Waals surface area contributed by atoms with Crippen LogP contribution in [0.25, 0.3) is 11.0 Å². The van der Waals surface area contributed by atoms with E-state index in [0.29, 0.717) is 5.92 Å². The highest BCUT2D eigenvalue weighted by Crippen LogP contribution is 2.35. The molecule has 0 radical (unpaired) electrons. The molecule has 0 bridgehead atoms. The van der Waals surface area contributed by atoms with E-state index in [1.807, 2.05) is 12.1 Å². The molecule has 108 valence electrons. The largest absolute Gasteiger partial charge is 0.458 e. The van der Waals surface area contributed by atoms with Gasteiger partial charge in [0.25, 0.3) is 0 Å². The molecule has 1 fully saturated rings. The summed E-state index contributed by atoms with van der Waals surface area (Å²) in [5.41, 5.74) is 2.06. The molecule has 0 amide bonds. The number of aliphatic hydroxyl groups is 1. The van der Waals surface area contributed by atoms with E-state index in [1.165, 1.54) is 32.1 Å². The molecule has 1 aliphatic rings. The van der Waals surface area contributed by atoms with Gasteiger partial charge in [0.1, 0.15) is 17.4 Å². The van der Waals surface area contributed by atoms with Crippen molar-refractivity contribution in [3.63, 3.8) is 0 Å². The van der Waals surface area contributed by atoms with Gasteiger partial charge in [-0.15, -0.1) is 0 Å². The van der Waals surface area contributed by atoms with Gasteiger partial charge in [0.2, 0.25) is 0 Å². The molecule has 0 spiro atoms. The Morgan fingerprint density at radius 1 is 1.10 bits per heavy atom. The average Bonchev–Trinajstić information content (AvgIpc) is 2.83. The minimum absolute atomic E-state index is 0.358. The van der Waals surface area contributed by atoms with Crippen LogP contribution in [-0.4, -0.2) is 5.11 Å². The molecular formula is C18H24O2. The van der Waals surface area contributed by atoms with Gasteiger partial charge < -0.3 is 9.52 Å². The lowest BCUT2D eigenvalue weighted by Gasteiger charge is -2.23. The summed E-state index contributed by atoms with van der Waals surface area (Å²) in [4.78, 5) is 0. The summed E-state index contributed by atoms with van der Waals surface area (Å²) >= 11 is 0. The van der Waals surface area contributed by atoms with Crippen LogP contribution in [0.4, 0.5) is 0 Å². The van der Waals surface area contributed by atoms with Gasteiger partial charge >= 0.3 is 0 Å². The van der Waals surface area contributed by atoms with Crippen molar-refractivity contribution in [2.24, 2.45) is 5.92 Å². The molecule has 1 saturated carbocycles. The summed E-state index contributed by atoms with van der Waals surface area (Å²) in [6.07, 6.45) is 8.24. The number of hydrogen-bond acceptors (Lipinski definition) is 2. The van der Waals surface area contributed by atoms with E-state index in [2.05, 4.69) is 19.1 Å². The molecule has 1 aromatic heterocycles. The highest BCUT2D eigenvalue weighted by molar-refractivity contribution is 5.80. The second kappa shape index (κ2) is 6.01. The zero-order chi connectivity index (χ0) is 13.9. The van der Waals surface area contributed by atoms with E-state index < -0.39 is 6.10 Å². The number of rotatable bonds is 2. The van der Waals surface area contributed by atoms with E-state index in [0.717, 1.165) is 35.1 Å². The highest BCUT2D eigenvalue weighted by atomic mass is 16.4. The normalized spacial score (nSPS) is 19.7. The second-order valence-corrected chi connectivity index (χ2v) is 6.19. The summed E-state index contributed by atoms with van der Waals surface area (Å²) in [5.74, 6) is 1.11. The van der Waals surface area contributed by atoms with Crippen molar-refractivity contribution < 1.29 is 9.52 Å². The lowest BCUT2D eigenvalue weighted by molar-refractivity contribution is 0.0726. The molecule has 2 heteroatoms. The Morgan fingerprint density at radius 3 is 2.50 bits per heavy atom. The lowest BCUT2D eigenvalue weighted by Crippen LogP contribution is -2.13. The third-order valence-electron chi connectivity index (χ3n) is 4.65. The van der Waals surface area contributed by atoms with Crippen LogP contribution >= 0.6 is 0 Å². The smallest absolute Gasteiger partial charge is 0.137 e. The molecule has 2 nitrogen and oxygen atoms in total. The Bertz CT molecular complexity index is 562. The molecule has 1 aliphatic carbocycles. The van der Waals surface area contributed by atoms with Crippen molar-refractivity contribution >= 4 is 11.0 Å². The van der Waals surface area contributed by atoms with Crippen molar-refractivity contribution in [1.29, 1.82) is 0 Å². The van der Waals surface area contributed by atoms with E-state index >= 15 is 0 Å². The molecule has 1 atom stereocenters. The van der Waals surface area contributed by atoms with Gasteiger partial charge in [0, 0.05) is 5.39 Å². The second-order valence-electron chi connectivity index (χ2n) is 6.19. The molecule has 1 N–H and O–H groups in total. The maximum atomic E-state index is 10.7. The first-order valence-electron chi connectivity index (χ1n) is 7.93. The Hall–Kier alpha value is -1.28. The summed E-state index contributed by atoms with van der Waals surface area (Å²) in [6.45, 7) is 2.05. The van der Waals surface area contributed by atoms with Crippen molar-refractivity contribution in [2.45, 2.75) is 58.0 Å². The minimum atomic E-state index is -0.445. The standard InChI is InChI=1S/C18H24O2/c1-13-8-7-11-15-12-16(20-18(13)15)17(19)14-9-5-3-2-4-6-10-14/h7-8,11-12,14,17,19H,2-6,9-10H2,1H3. The van der Waals surface area contributed by atoms with Crippen LogP contribution in [0.1, 0.15) is 62.4 Å².